The lowest BCUT2D eigenvalue weighted by molar-refractivity contribution is -0.133. The normalized spacial score (nSPS) is 20.1. The molecule has 344 valence electrons. The number of ether oxygens (including phenoxy) is 1. The number of benzene rings is 2. The summed E-state index contributed by atoms with van der Waals surface area (Å²) in [7, 11) is -9.93. The molecule has 1 saturated heterocycles. The van der Waals surface area contributed by atoms with Gasteiger partial charge in [0.05, 0.1) is 41.6 Å². The Hall–Kier alpha value is -8.02. The minimum atomic E-state index is -4.96. The Bertz CT molecular complexity index is 3000. The molecule has 0 unspecified atom stereocenters. The number of aliphatic hydroxyl groups excluding tert-OH is 3. The molecule has 4 aromatic rings. The van der Waals surface area contributed by atoms with Gasteiger partial charge in [-0.15, -0.1) is 0 Å². The van der Waals surface area contributed by atoms with E-state index in [0.717, 1.165) is 36.4 Å². The van der Waals surface area contributed by atoms with Crippen LogP contribution < -0.4 is 16.6 Å². The molecule has 0 spiro atoms. The summed E-state index contributed by atoms with van der Waals surface area (Å²) >= 11 is 0. The number of nitrogen functional groups attached to an aromatic ring is 1. The van der Waals surface area contributed by atoms with Gasteiger partial charge >= 0.3 is 11.9 Å². The molecule has 0 radical (unpaired) electrons. The Morgan fingerprint density at radius 2 is 1.30 bits per heavy atom. The molecule has 3 heterocycles. The fourth-order valence-corrected chi connectivity index (χ4v) is 7.64. The summed E-state index contributed by atoms with van der Waals surface area (Å²) in [6.07, 6.45) is 5.27. The molecule has 2 aromatic heterocycles. The van der Waals surface area contributed by atoms with E-state index >= 15 is 0 Å². The highest BCUT2D eigenvalue weighted by molar-refractivity contribution is 7.86. The monoisotopic (exact) mass is 953 g/mol. The minimum absolute atomic E-state index is 0.138. The molecule has 0 amide bonds. The number of imidazole rings is 1. The number of allylic oxidation sites excluding steroid dienone is 6. The number of halogens is 1. The Kier molecular flexibility index (Phi) is 13.7. The minimum Gasteiger partial charge on any atom is -0.505 e. The fraction of sp³-hybridized carbons (Fsp3) is 0.132. The van der Waals surface area contributed by atoms with Crippen LogP contribution in [0.3, 0.4) is 0 Å². The second kappa shape index (κ2) is 19.0. The molecular formula is C38H32FN9O16S2. The molecular weight excluding hydrogens is 922 g/mol. The van der Waals surface area contributed by atoms with E-state index in [2.05, 4.69) is 36.0 Å². The smallest absolute Gasteiger partial charge is 0.338 e. The molecule has 2 aliphatic carbocycles. The lowest BCUT2D eigenvalue weighted by Crippen LogP contribution is -2.21. The number of hydrogen-bond acceptors (Lipinski definition) is 20. The molecule has 1 aliphatic heterocycles. The number of aromatic nitrogens is 4. The summed E-state index contributed by atoms with van der Waals surface area (Å²) in [6, 6.07) is 6.45. The number of carbonyl (C=O) groups excluding carboxylic acids is 2. The van der Waals surface area contributed by atoms with Crippen molar-refractivity contribution in [2.75, 3.05) is 23.2 Å². The van der Waals surface area contributed by atoms with E-state index in [1.165, 1.54) is 29.4 Å². The molecule has 11 N–H and O–H groups in total. The van der Waals surface area contributed by atoms with Gasteiger partial charge in [-0.2, -0.15) is 27.0 Å². The lowest BCUT2D eigenvalue weighted by Gasteiger charge is -2.15. The predicted octanol–water partition coefficient (Wildman–Crippen LogP) is 1.98. The number of alkyl halides is 1. The van der Waals surface area contributed by atoms with Crippen molar-refractivity contribution in [1.82, 2.24) is 19.5 Å². The summed E-state index contributed by atoms with van der Waals surface area (Å²) in [5.41, 5.74) is 8.01. The third-order valence-corrected chi connectivity index (χ3v) is 11.0. The number of aliphatic hydroxyl groups is 3. The molecule has 3 atom stereocenters. The zero-order chi connectivity index (χ0) is 48.2. The highest BCUT2D eigenvalue weighted by Crippen LogP contribution is 2.33. The molecule has 3 aliphatic rings. The highest BCUT2D eigenvalue weighted by atomic mass is 32.2. The van der Waals surface area contributed by atoms with Gasteiger partial charge in [-0.1, -0.05) is 24.3 Å². The maximum absolute atomic E-state index is 13.9. The van der Waals surface area contributed by atoms with Crippen molar-refractivity contribution in [3.05, 3.63) is 107 Å². The van der Waals surface area contributed by atoms with Crippen LogP contribution in [0.5, 0.6) is 0 Å². The van der Waals surface area contributed by atoms with Crippen molar-refractivity contribution in [2.45, 2.75) is 34.7 Å². The van der Waals surface area contributed by atoms with E-state index in [1.807, 2.05) is 0 Å². The summed E-state index contributed by atoms with van der Waals surface area (Å²) < 4.78 is 89.1. The van der Waals surface area contributed by atoms with Crippen LogP contribution in [0.15, 0.2) is 116 Å². The molecule has 66 heavy (non-hydrogen) atoms. The number of carbonyl (C=O) groups is 4. The average Bonchev–Trinajstić information content (AvgIpc) is 3.85. The van der Waals surface area contributed by atoms with E-state index in [1.54, 1.807) is 0 Å². The SMILES string of the molecule is Nc1ncnc2c1ncn2[C@@H]1O[C@H](CO)C[C@@H]1F.O=C1C=C(O)/C(=N\Nc2ccc(/C=C/c3ccc(N/N=C4/C(O)=CC(=O)C=C4C(=O)O)cc3S(=O)(=O)O)c(S(=O)(=O)O)c2)C(C(=O)O)=C1. The number of anilines is 3. The number of aliphatic carboxylic acids is 2. The number of rotatable bonds is 12. The third kappa shape index (κ3) is 10.7. The fourth-order valence-electron chi connectivity index (χ4n) is 6.22. The number of nitrogens with two attached hydrogens (primary N) is 1. The molecule has 2 aromatic carbocycles. The van der Waals surface area contributed by atoms with Crippen molar-refractivity contribution >= 4 is 95.7 Å². The molecule has 0 saturated carbocycles. The maximum Gasteiger partial charge on any atom is 0.338 e. The van der Waals surface area contributed by atoms with E-state index in [0.29, 0.717) is 35.5 Å². The second-order valence-electron chi connectivity index (χ2n) is 13.7. The Labute approximate surface area is 369 Å². The number of hydrazone groups is 2. The van der Waals surface area contributed by atoms with Crippen molar-refractivity contribution in [1.29, 1.82) is 0 Å². The van der Waals surface area contributed by atoms with Crippen LogP contribution in [0.25, 0.3) is 23.3 Å². The molecule has 25 nitrogen and oxygen atoms in total. The van der Waals surface area contributed by atoms with Gasteiger partial charge in [-0.3, -0.25) is 34.1 Å². The first-order valence-electron chi connectivity index (χ1n) is 18.3. The molecule has 28 heteroatoms. The third-order valence-electron chi connectivity index (χ3n) is 9.20. The number of carboxylic acid groups (broad SMARTS) is 2. The zero-order valence-electron chi connectivity index (χ0n) is 33.0. The Morgan fingerprint density at radius 3 is 1.73 bits per heavy atom. The van der Waals surface area contributed by atoms with Crippen molar-refractivity contribution in [2.24, 2.45) is 10.2 Å². The standard InChI is InChI=1S/C28H20N4O14S2.C10H12FN5O2/c33-17-9-19(27(37)38)25(21(35)11-17)31-29-15-5-3-13(23(7-15)47(41,42)43)1-2-14-4-6-16(8-24(14)48(44,45)46)30-32-26-20(28(39)40)10-18(34)12-22(26)36;11-6-1-5(2-17)18-10(6)16-4-15-7-8(12)13-3-14-9(7)16/h1-12,29-30,35-36H,(H,37,38)(H,39,40)(H,41,42,43)(H,44,45,46);3-6,10,17H,1-2H2,(H2,12,13,14)/b2-1+,31-25-,32-26+;/t;5-,6-,10+/m.0/s1. The van der Waals surface area contributed by atoms with Gasteiger partial charge in [0.15, 0.2) is 29.3 Å². The number of hydrogen-bond donors (Lipinski definition) is 10. The summed E-state index contributed by atoms with van der Waals surface area (Å²) in [6.45, 7) is -0.208. The predicted molar refractivity (Wildman–Crippen MR) is 227 cm³/mol. The van der Waals surface area contributed by atoms with Gasteiger partial charge in [0, 0.05) is 30.7 Å². The molecule has 1 fully saturated rings. The quantitative estimate of drug-likeness (QED) is 0.0420. The largest absolute Gasteiger partial charge is 0.505 e. The van der Waals surface area contributed by atoms with Gasteiger partial charge in [0.1, 0.15) is 50.7 Å². The van der Waals surface area contributed by atoms with Crippen LogP contribution >= 0.6 is 0 Å². The van der Waals surface area contributed by atoms with E-state index in [4.69, 9.17) is 15.6 Å². The summed E-state index contributed by atoms with van der Waals surface area (Å²) in [5.74, 6) is -6.13. The van der Waals surface area contributed by atoms with Crippen molar-refractivity contribution in [3.8, 4) is 0 Å². The number of ketones is 2. The topological polar surface area (TPSA) is 406 Å². The van der Waals surface area contributed by atoms with Gasteiger partial charge in [-0.05, 0) is 35.4 Å². The molecule has 0 bridgehead atoms. The van der Waals surface area contributed by atoms with Crippen molar-refractivity contribution < 1.29 is 79.8 Å². The van der Waals surface area contributed by atoms with Gasteiger partial charge in [0.25, 0.3) is 20.2 Å². The van der Waals surface area contributed by atoms with Crippen LogP contribution in [0, 0.1) is 0 Å². The van der Waals surface area contributed by atoms with Crippen LogP contribution in [0.1, 0.15) is 23.8 Å². The van der Waals surface area contributed by atoms with Crippen LogP contribution in [0.2, 0.25) is 0 Å². The first-order valence-corrected chi connectivity index (χ1v) is 21.2. The number of fused-ring (bicyclic) bond motifs is 1. The zero-order valence-corrected chi connectivity index (χ0v) is 34.6. The number of nitrogens with one attached hydrogen (secondary N) is 2. The van der Waals surface area contributed by atoms with E-state index < -0.39 is 106 Å². The van der Waals surface area contributed by atoms with Gasteiger partial charge in [0.2, 0.25) is 0 Å². The van der Waals surface area contributed by atoms with E-state index in [9.17, 15) is 69.9 Å². The number of nitrogens with zero attached hydrogens (tertiary/aromatic N) is 6. The van der Waals surface area contributed by atoms with Crippen LogP contribution in [-0.2, 0) is 44.2 Å². The van der Waals surface area contributed by atoms with E-state index in [-0.39, 0.29) is 41.3 Å². The molecule has 7 rings (SSSR count). The Balaban J connectivity index is 0.000000330. The second-order valence-corrected chi connectivity index (χ2v) is 16.5. The Morgan fingerprint density at radius 1 is 0.818 bits per heavy atom. The van der Waals surface area contributed by atoms with Crippen LogP contribution in [0.4, 0.5) is 21.6 Å². The summed E-state index contributed by atoms with van der Waals surface area (Å²) in [4.78, 5) is 56.4. The summed E-state index contributed by atoms with van der Waals surface area (Å²) in [5, 5.41) is 55.0. The van der Waals surface area contributed by atoms with Gasteiger partial charge < -0.3 is 36.0 Å². The highest BCUT2D eigenvalue weighted by Gasteiger charge is 2.37. The average molecular weight is 954 g/mol. The first-order chi connectivity index (χ1) is 31.0. The lowest BCUT2D eigenvalue weighted by atomic mass is 10.0. The van der Waals surface area contributed by atoms with Gasteiger partial charge in [-0.25, -0.2) is 28.9 Å². The first kappa shape index (κ1) is 47.5. The van der Waals surface area contributed by atoms with Crippen molar-refractivity contribution in [3.63, 3.8) is 0 Å². The number of carboxylic acids is 2. The maximum atomic E-state index is 13.9. The van der Waals surface area contributed by atoms with Crippen LogP contribution in [-0.4, -0.2) is 125 Å².